The number of carboxylic acids is 1. The van der Waals surface area contributed by atoms with E-state index >= 15 is 0 Å². The molecule has 0 aliphatic heterocycles. The quantitative estimate of drug-likeness (QED) is 0.388. The summed E-state index contributed by atoms with van der Waals surface area (Å²) < 4.78 is 0. The van der Waals surface area contributed by atoms with E-state index in [-0.39, 0.29) is 17.7 Å². The Morgan fingerprint density at radius 1 is 1.38 bits per heavy atom. The van der Waals surface area contributed by atoms with Gasteiger partial charge in [0.25, 0.3) is 0 Å². The molecule has 1 aromatic rings. The molecule has 0 heterocycles. The van der Waals surface area contributed by atoms with Crippen LogP contribution >= 0.6 is 0 Å². The van der Waals surface area contributed by atoms with Gasteiger partial charge in [-0.2, -0.15) is 0 Å². The Kier molecular flexibility index (Phi) is 3.29. The smallest absolute Gasteiger partial charge is 0.379 e. The monoisotopic (exact) mass is 227 g/mol. The highest BCUT2D eigenvalue weighted by atomic mass is 16.6. The van der Waals surface area contributed by atoms with Gasteiger partial charge in [0.2, 0.25) is 0 Å². The molecule has 1 aromatic carbocycles. The summed E-state index contributed by atoms with van der Waals surface area (Å²) in [6.45, 7) is 0. The molecule has 1 unspecified atom stereocenters. The molecular weight excluding hydrogens is 218 g/mol. The third kappa shape index (κ3) is 2.59. The van der Waals surface area contributed by atoms with Gasteiger partial charge in [-0.3, -0.25) is 10.1 Å². The summed E-state index contributed by atoms with van der Waals surface area (Å²) in [6.07, 6.45) is -0.351. The lowest BCUT2D eigenvalue weighted by atomic mass is 10.1. The SMILES string of the molecule is O=C(O)C(Cc1ccc(O)c(O)c1)[N+](=O)[O-]. The number of nitrogens with zero attached hydrogens (tertiary/aromatic N) is 1. The Labute approximate surface area is 89.7 Å². The van der Waals surface area contributed by atoms with Crippen molar-refractivity contribution in [2.45, 2.75) is 12.5 Å². The number of phenols is 2. The van der Waals surface area contributed by atoms with Crippen molar-refractivity contribution in [2.24, 2.45) is 0 Å². The molecule has 0 saturated carbocycles. The predicted molar refractivity (Wildman–Crippen MR) is 51.9 cm³/mol. The summed E-state index contributed by atoms with van der Waals surface area (Å²) in [5, 5.41) is 37.1. The van der Waals surface area contributed by atoms with Crippen LogP contribution in [0.25, 0.3) is 0 Å². The fraction of sp³-hybridized carbons (Fsp3) is 0.222. The third-order valence-electron chi connectivity index (χ3n) is 2.01. The van der Waals surface area contributed by atoms with Gasteiger partial charge in [0, 0.05) is 4.92 Å². The van der Waals surface area contributed by atoms with E-state index in [4.69, 9.17) is 15.3 Å². The zero-order valence-corrected chi connectivity index (χ0v) is 8.03. The number of benzene rings is 1. The molecule has 1 rings (SSSR count). The molecule has 0 saturated heterocycles. The van der Waals surface area contributed by atoms with E-state index in [2.05, 4.69) is 0 Å². The predicted octanol–water partition coefficient (Wildman–Crippen LogP) is 0.370. The molecule has 0 spiro atoms. The van der Waals surface area contributed by atoms with Crippen LogP contribution in [0.1, 0.15) is 5.56 Å². The van der Waals surface area contributed by atoms with Gasteiger partial charge in [-0.05, 0) is 17.7 Å². The molecule has 0 aliphatic rings. The van der Waals surface area contributed by atoms with Gasteiger partial charge in [-0.15, -0.1) is 0 Å². The maximum absolute atomic E-state index is 10.5. The first kappa shape index (κ1) is 11.8. The second-order valence-corrected chi connectivity index (χ2v) is 3.17. The van der Waals surface area contributed by atoms with Crippen LogP contribution in [0.15, 0.2) is 18.2 Å². The van der Waals surface area contributed by atoms with E-state index in [1.54, 1.807) is 0 Å². The average molecular weight is 227 g/mol. The Bertz CT molecular complexity index is 416. The van der Waals surface area contributed by atoms with Gasteiger partial charge < -0.3 is 15.3 Å². The third-order valence-corrected chi connectivity index (χ3v) is 2.01. The van der Waals surface area contributed by atoms with Crippen LogP contribution in [-0.2, 0) is 11.2 Å². The van der Waals surface area contributed by atoms with Crippen molar-refractivity contribution >= 4 is 5.97 Å². The minimum atomic E-state index is -1.76. The summed E-state index contributed by atoms with van der Waals surface area (Å²) >= 11 is 0. The van der Waals surface area contributed by atoms with Gasteiger partial charge >= 0.3 is 12.0 Å². The van der Waals surface area contributed by atoms with Crippen LogP contribution in [0, 0.1) is 10.1 Å². The van der Waals surface area contributed by atoms with Gasteiger partial charge in [-0.1, -0.05) is 6.07 Å². The van der Waals surface area contributed by atoms with Crippen LogP contribution in [0.4, 0.5) is 0 Å². The number of carbonyl (C=O) groups is 1. The largest absolute Gasteiger partial charge is 0.504 e. The fourth-order valence-corrected chi connectivity index (χ4v) is 1.17. The van der Waals surface area contributed by atoms with Crippen molar-refractivity contribution < 1.29 is 25.0 Å². The molecule has 0 aliphatic carbocycles. The minimum absolute atomic E-state index is 0.263. The molecule has 3 N–H and O–H groups in total. The van der Waals surface area contributed by atoms with Crippen LogP contribution < -0.4 is 0 Å². The van der Waals surface area contributed by atoms with E-state index in [1.165, 1.54) is 6.07 Å². The number of nitro groups is 1. The van der Waals surface area contributed by atoms with Gasteiger partial charge in [0.15, 0.2) is 11.5 Å². The second-order valence-electron chi connectivity index (χ2n) is 3.17. The van der Waals surface area contributed by atoms with E-state index in [1.807, 2.05) is 0 Å². The number of phenolic OH excluding ortho intramolecular Hbond substituents is 2. The summed E-state index contributed by atoms with van der Waals surface area (Å²) in [5.74, 6) is -2.35. The van der Waals surface area contributed by atoms with Gasteiger partial charge in [0.05, 0.1) is 6.42 Å². The van der Waals surface area contributed by atoms with E-state index in [9.17, 15) is 14.9 Å². The normalized spacial score (nSPS) is 12.0. The van der Waals surface area contributed by atoms with E-state index in [0.29, 0.717) is 0 Å². The Morgan fingerprint density at radius 2 is 2.00 bits per heavy atom. The Hall–Kier alpha value is -2.31. The highest BCUT2D eigenvalue weighted by Crippen LogP contribution is 2.25. The van der Waals surface area contributed by atoms with E-state index in [0.717, 1.165) is 12.1 Å². The Balaban J connectivity index is 2.90. The van der Waals surface area contributed by atoms with Crippen LogP contribution in [0.2, 0.25) is 0 Å². The first-order chi connectivity index (χ1) is 7.41. The van der Waals surface area contributed by atoms with E-state index < -0.39 is 22.7 Å². The zero-order valence-electron chi connectivity index (χ0n) is 8.03. The van der Waals surface area contributed by atoms with Crippen molar-refractivity contribution in [2.75, 3.05) is 0 Å². The lowest BCUT2D eigenvalue weighted by Gasteiger charge is -2.05. The van der Waals surface area contributed by atoms with Crippen LogP contribution in [0.5, 0.6) is 11.5 Å². The molecule has 1 atom stereocenters. The number of aromatic hydroxyl groups is 2. The summed E-state index contributed by atoms with van der Waals surface area (Å²) in [6, 6.07) is 1.79. The first-order valence-corrected chi connectivity index (χ1v) is 4.29. The van der Waals surface area contributed by atoms with Crippen LogP contribution in [0.3, 0.4) is 0 Å². The molecule has 0 amide bonds. The summed E-state index contributed by atoms with van der Waals surface area (Å²) in [7, 11) is 0. The fourth-order valence-electron chi connectivity index (χ4n) is 1.17. The Morgan fingerprint density at radius 3 is 2.44 bits per heavy atom. The molecule has 0 radical (unpaired) electrons. The topological polar surface area (TPSA) is 121 Å². The molecule has 7 nitrogen and oxygen atoms in total. The molecule has 7 heteroatoms. The molecule has 0 bridgehead atoms. The highest BCUT2D eigenvalue weighted by Gasteiger charge is 2.29. The van der Waals surface area contributed by atoms with Crippen molar-refractivity contribution in [3.8, 4) is 11.5 Å². The lowest BCUT2D eigenvalue weighted by Crippen LogP contribution is -2.31. The number of hydrogen-bond donors (Lipinski definition) is 3. The first-order valence-electron chi connectivity index (χ1n) is 4.29. The number of rotatable bonds is 4. The molecule has 0 fully saturated rings. The number of aliphatic carboxylic acids is 1. The van der Waals surface area contributed by atoms with Crippen molar-refractivity contribution in [3.63, 3.8) is 0 Å². The summed E-state index contributed by atoms with van der Waals surface area (Å²) in [5.41, 5.74) is 0.263. The lowest BCUT2D eigenvalue weighted by molar-refractivity contribution is -0.509. The van der Waals surface area contributed by atoms with Gasteiger partial charge in [-0.25, -0.2) is 4.79 Å². The zero-order chi connectivity index (χ0) is 12.3. The summed E-state index contributed by atoms with van der Waals surface area (Å²) in [4.78, 5) is 20.0. The maximum Gasteiger partial charge on any atom is 0.379 e. The minimum Gasteiger partial charge on any atom is -0.504 e. The standard InChI is InChI=1S/C9H9NO6/c11-7-2-1-5(4-8(7)12)3-6(9(13)14)10(15)16/h1-2,4,6,11-12H,3H2,(H,13,14). The van der Waals surface area contributed by atoms with Crippen molar-refractivity contribution in [1.82, 2.24) is 0 Å². The van der Waals surface area contributed by atoms with Crippen molar-refractivity contribution in [3.05, 3.63) is 33.9 Å². The average Bonchev–Trinajstić information content (AvgIpc) is 2.18. The number of carboxylic acid groups (broad SMARTS) is 1. The molecular formula is C9H9NO6. The number of hydrogen-bond acceptors (Lipinski definition) is 5. The van der Waals surface area contributed by atoms with Crippen molar-refractivity contribution in [1.29, 1.82) is 0 Å². The highest BCUT2D eigenvalue weighted by molar-refractivity contribution is 5.72. The molecule has 16 heavy (non-hydrogen) atoms. The second kappa shape index (κ2) is 4.47. The maximum atomic E-state index is 10.5. The molecule has 86 valence electrons. The van der Waals surface area contributed by atoms with Gasteiger partial charge in [0.1, 0.15) is 0 Å². The molecule has 0 aromatic heterocycles. The van der Waals surface area contributed by atoms with Crippen LogP contribution in [-0.4, -0.2) is 32.3 Å².